The van der Waals surface area contributed by atoms with Gasteiger partial charge in [-0.15, -0.1) is 0 Å². The van der Waals surface area contributed by atoms with Gasteiger partial charge in [-0.3, -0.25) is 0 Å². The number of halogens is 2. The molecule has 3 aromatic carbocycles. The van der Waals surface area contributed by atoms with Gasteiger partial charge in [0.25, 0.3) is 0 Å². The van der Waals surface area contributed by atoms with E-state index in [-0.39, 0.29) is 4.90 Å². The van der Waals surface area contributed by atoms with Crippen LogP contribution < -0.4 is 9.88 Å². The largest absolute Gasteiger partial charge is 0.456 e. The average molecular weight is 444 g/mol. The molecule has 8 heteroatoms. The Morgan fingerprint density at radius 2 is 1.60 bits per heavy atom. The number of aldehydes is 1. The van der Waals surface area contributed by atoms with E-state index in [1.807, 2.05) is 0 Å². The summed E-state index contributed by atoms with van der Waals surface area (Å²) >= 11 is 6.00. The second-order valence-electron chi connectivity index (χ2n) is 6.72. The van der Waals surface area contributed by atoms with Gasteiger partial charge in [0.05, 0.1) is 10.8 Å². The van der Waals surface area contributed by atoms with E-state index in [1.54, 1.807) is 36.4 Å². The zero-order valence-electron chi connectivity index (χ0n) is 15.4. The minimum Gasteiger partial charge on any atom is -0.456 e. The van der Waals surface area contributed by atoms with Crippen LogP contribution in [-0.2, 0) is 14.8 Å². The predicted octanol–water partition coefficient (Wildman–Crippen LogP) is 4.37. The molecule has 3 aromatic rings. The molecular formula is C22H15ClFNO4S. The molecule has 0 fully saturated rings. The van der Waals surface area contributed by atoms with E-state index >= 15 is 0 Å². The molecule has 1 aliphatic heterocycles. The van der Waals surface area contributed by atoms with Crippen LogP contribution >= 0.6 is 11.6 Å². The molecule has 1 unspecified atom stereocenters. The number of carbonyl (C=O) groups is 1. The standard InChI is InChI=1S/C22H15ClFNO4S/c23-15-5-1-13(2-6-15)21-19(12-26)18-11-16(24)7-10-20(18)29-22(21)14-3-8-17(9-4-14)30(25,27)28/h1-12,19H,(H2,25,27,28). The summed E-state index contributed by atoms with van der Waals surface area (Å²) in [6.07, 6.45) is 0.726. The molecule has 0 aliphatic carbocycles. The van der Waals surface area contributed by atoms with E-state index < -0.39 is 21.8 Å². The molecule has 30 heavy (non-hydrogen) atoms. The molecule has 0 saturated carbocycles. The van der Waals surface area contributed by atoms with E-state index in [1.165, 1.54) is 30.3 Å². The molecule has 0 bridgehead atoms. The molecular weight excluding hydrogens is 429 g/mol. The number of nitrogens with two attached hydrogens (primary N) is 1. The lowest BCUT2D eigenvalue weighted by Gasteiger charge is -2.28. The SMILES string of the molecule is NS(=O)(=O)c1ccc(C2=C(c3ccc(Cl)cc3)C(C=O)c3cc(F)ccc3O2)cc1. The fourth-order valence-corrected chi connectivity index (χ4v) is 4.05. The highest BCUT2D eigenvalue weighted by Crippen LogP contribution is 2.46. The third kappa shape index (κ3) is 3.75. The Morgan fingerprint density at radius 1 is 0.967 bits per heavy atom. The van der Waals surface area contributed by atoms with Crippen LogP contribution in [0.2, 0.25) is 5.02 Å². The summed E-state index contributed by atoms with van der Waals surface area (Å²) in [6, 6.07) is 16.6. The quantitative estimate of drug-likeness (QED) is 0.606. The number of hydrogen-bond donors (Lipinski definition) is 1. The zero-order valence-corrected chi connectivity index (χ0v) is 17.0. The third-order valence-corrected chi connectivity index (χ3v) is 5.99. The molecule has 0 amide bonds. The highest BCUT2D eigenvalue weighted by atomic mass is 35.5. The van der Waals surface area contributed by atoms with Gasteiger partial charge in [-0.1, -0.05) is 23.7 Å². The molecule has 0 aromatic heterocycles. The second kappa shape index (κ2) is 7.68. The maximum atomic E-state index is 13.9. The summed E-state index contributed by atoms with van der Waals surface area (Å²) < 4.78 is 43.1. The number of carbonyl (C=O) groups excluding carboxylic acids is 1. The van der Waals surface area contributed by atoms with Gasteiger partial charge >= 0.3 is 0 Å². The smallest absolute Gasteiger partial charge is 0.238 e. The maximum absolute atomic E-state index is 13.9. The van der Waals surface area contributed by atoms with Crippen LogP contribution in [0.1, 0.15) is 22.6 Å². The highest BCUT2D eigenvalue weighted by Gasteiger charge is 2.32. The van der Waals surface area contributed by atoms with Crippen molar-refractivity contribution in [1.29, 1.82) is 0 Å². The lowest BCUT2D eigenvalue weighted by molar-refractivity contribution is -0.108. The van der Waals surface area contributed by atoms with Crippen LogP contribution in [0.3, 0.4) is 0 Å². The molecule has 1 heterocycles. The fraction of sp³-hybridized carbons (Fsp3) is 0.0455. The zero-order chi connectivity index (χ0) is 21.5. The van der Waals surface area contributed by atoms with Crippen LogP contribution in [0.4, 0.5) is 4.39 Å². The first-order chi connectivity index (χ1) is 14.3. The Morgan fingerprint density at radius 3 is 2.20 bits per heavy atom. The first-order valence-electron chi connectivity index (χ1n) is 8.84. The van der Waals surface area contributed by atoms with Crippen LogP contribution in [0.15, 0.2) is 71.6 Å². The first kappa shape index (κ1) is 20.3. The van der Waals surface area contributed by atoms with Gasteiger partial charge in [0.1, 0.15) is 23.6 Å². The van der Waals surface area contributed by atoms with Gasteiger partial charge in [-0.05, 0) is 60.2 Å². The summed E-state index contributed by atoms with van der Waals surface area (Å²) in [4.78, 5) is 12.1. The number of benzene rings is 3. The molecule has 1 aliphatic rings. The van der Waals surface area contributed by atoms with Gasteiger partial charge in [-0.25, -0.2) is 17.9 Å². The normalized spacial score (nSPS) is 16.0. The van der Waals surface area contributed by atoms with Crippen molar-refractivity contribution in [1.82, 2.24) is 0 Å². The number of sulfonamides is 1. The van der Waals surface area contributed by atoms with Gasteiger partial charge < -0.3 is 9.53 Å². The Balaban J connectivity index is 1.95. The van der Waals surface area contributed by atoms with E-state index in [2.05, 4.69) is 0 Å². The van der Waals surface area contributed by atoms with E-state index in [0.29, 0.717) is 38.8 Å². The van der Waals surface area contributed by atoms with E-state index in [9.17, 15) is 17.6 Å². The summed E-state index contributed by atoms with van der Waals surface area (Å²) in [5.74, 6) is -0.578. The van der Waals surface area contributed by atoms with Crippen molar-refractivity contribution < 1.29 is 22.3 Å². The first-order valence-corrected chi connectivity index (χ1v) is 10.8. The molecule has 2 N–H and O–H groups in total. The Labute approximate surface area is 177 Å². The monoisotopic (exact) mass is 443 g/mol. The predicted molar refractivity (Wildman–Crippen MR) is 112 cm³/mol. The summed E-state index contributed by atoms with van der Waals surface area (Å²) in [5.41, 5.74) is 2.12. The molecule has 4 rings (SSSR count). The van der Waals surface area contributed by atoms with Crippen molar-refractivity contribution in [3.8, 4) is 5.75 Å². The van der Waals surface area contributed by atoms with Crippen LogP contribution in [0, 0.1) is 5.82 Å². The lowest BCUT2D eigenvalue weighted by atomic mass is 9.83. The Hall–Kier alpha value is -3.00. The summed E-state index contributed by atoms with van der Waals surface area (Å²) in [5, 5.41) is 5.69. The van der Waals surface area contributed by atoms with E-state index in [4.69, 9.17) is 21.5 Å². The van der Waals surface area contributed by atoms with Crippen LogP contribution in [-0.4, -0.2) is 14.7 Å². The van der Waals surface area contributed by atoms with E-state index in [0.717, 1.165) is 6.29 Å². The van der Waals surface area contributed by atoms with Crippen molar-refractivity contribution in [2.24, 2.45) is 5.14 Å². The summed E-state index contributed by atoms with van der Waals surface area (Å²) in [7, 11) is -3.86. The molecule has 0 saturated heterocycles. The van der Waals surface area contributed by atoms with Crippen molar-refractivity contribution in [3.63, 3.8) is 0 Å². The molecule has 0 radical (unpaired) electrons. The Kier molecular flexibility index (Phi) is 5.19. The van der Waals surface area contributed by atoms with Gasteiger partial charge in [-0.2, -0.15) is 0 Å². The third-order valence-electron chi connectivity index (χ3n) is 4.81. The van der Waals surface area contributed by atoms with Gasteiger partial charge in [0.2, 0.25) is 10.0 Å². The topological polar surface area (TPSA) is 86.5 Å². The minimum atomic E-state index is -3.86. The van der Waals surface area contributed by atoms with Crippen LogP contribution in [0.5, 0.6) is 5.75 Å². The number of primary sulfonamides is 1. The minimum absolute atomic E-state index is 0.0508. The highest BCUT2D eigenvalue weighted by molar-refractivity contribution is 7.89. The van der Waals surface area contributed by atoms with Crippen molar-refractivity contribution in [2.75, 3.05) is 0 Å². The average Bonchev–Trinajstić information content (AvgIpc) is 2.72. The molecule has 1 atom stereocenters. The van der Waals surface area contributed by atoms with Crippen LogP contribution in [0.25, 0.3) is 11.3 Å². The van der Waals surface area contributed by atoms with Gasteiger partial charge in [0.15, 0.2) is 0 Å². The van der Waals surface area contributed by atoms with Gasteiger partial charge in [0, 0.05) is 21.7 Å². The second-order valence-corrected chi connectivity index (χ2v) is 8.71. The molecule has 0 spiro atoms. The molecule has 5 nitrogen and oxygen atoms in total. The maximum Gasteiger partial charge on any atom is 0.238 e. The lowest BCUT2D eigenvalue weighted by Crippen LogP contribution is -2.16. The van der Waals surface area contributed by atoms with Crippen molar-refractivity contribution in [2.45, 2.75) is 10.8 Å². The summed E-state index contributed by atoms with van der Waals surface area (Å²) in [6.45, 7) is 0. The fourth-order valence-electron chi connectivity index (χ4n) is 3.41. The van der Waals surface area contributed by atoms with Crippen molar-refractivity contribution in [3.05, 3.63) is 94.3 Å². The number of ether oxygens (including phenoxy) is 1. The number of allylic oxidation sites excluding steroid dienone is 1. The Bertz CT molecular complexity index is 1270. The van der Waals surface area contributed by atoms with Crippen molar-refractivity contribution >= 4 is 39.2 Å². The number of rotatable bonds is 4. The number of hydrogen-bond acceptors (Lipinski definition) is 4. The number of fused-ring (bicyclic) bond motifs is 1. The molecule has 152 valence electrons.